The molecule has 29 heavy (non-hydrogen) atoms. The van der Waals surface area contributed by atoms with Gasteiger partial charge < -0.3 is 14.7 Å². The molecular formula is C21H20FN3O3S. The van der Waals surface area contributed by atoms with E-state index in [9.17, 15) is 9.18 Å². The van der Waals surface area contributed by atoms with Crippen molar-refractivity contribution in [2.24, 2.45) is 0 Å². The lowest BCUT2D eigenvalue weighted by molar-refractivity contribution is -0.120. The second kappa shape index (κ2) is 7.78. The Morgan fingerprint density at radius 1 is 1.24 bits per heavy atom. The maximum atomic E-state index is 14.5. The van der Waals surface area contributed by atoms with Crippen molar-refractivity contribution in [3.05, 3.63) is 59.2 Å². The van der Waals surface area contributed by atoms with Crippen LogP contribution in [0.1, 0.15) is 19.4 Å². The molecule has 6 nitrogen and oxygen atoms in total. The third kappa shape index (κ3) is 3.55. The molecule has 1 saturated heterocycles. The van der Waals surface area contributed by atoms with Gasteiger partial charge in [-0.25, -0.2) is 9.24 Å². The molecule has 0 unspecified atom stereocenters. The summed E-state index contributed by atoms with van der Waals surface area (Å²) in [6, 6.07) is 9.38. The lowest BCUT2D eigenvalue weighted by Crippen LogP contribution is -2.44. The van der Waals surface area contributed by atoms with Gasteiger partial charge in [0, 0.05) is 17.4 Å². The highest BCUT2D eigenvalue weighted by Crippen LogP contribution is 2.38. The average molecular weight is 413 g/mol. The van der Waals surface area contributed by atoms with Crippen molar-refractivity contribution >= 4 is 40.3 Å². The molecule has 1 aliphatic rings. The Kier molecular flexibility index (Phi) is 5.55. The summed E-state index contributed by atoms with van der Waals surface area (Å²) in [5.74, 6) is -0.851. The Morgan fingerprint density at radius 2 is 1.93 bits per heavy atom. The van der Waals surface area contributed by atoms with Gasteiger partial charge >= 0.3 is 0 Å². The smallest absolute Gasteiger partial charge is 0.259 e. The Morgan fingerprint density at radius 3 is 2.52 bits per heavy atom. The van der Waals surface area contributed by atoms with Gasteiger partial charge in [-0.1, -0.05) is 6.07 Å². The molecule has 2 aromatic rings. The minimum Gasteiger partial charge on any atom is -0.488 e. The van der Waals surface area contributed by atoms with Crippen LogP contribution in [0.2, 0.25) is 0 Å². The molecule has 1 amide bonds. The van der Waals surface area contributed by atoms with Crippen LogP contribution >= 0.6 is 12.2 Å². The largest absolute Gasteiger partial charge is 0.488 e. The molecule has 0 bridgehead atoms. The van der Waals surface area contributed by atoms with Crippen molar-refractivity contribution in [3.63, 3.8) is 0 Å². The van der Waals surface area contributed by atoms with Gasteiger partial charge in [0.2, 0.25) is 0 Å². The van der Waals surface area contributed by atoms with Gasteiger partial charge in [0.1, 0.15) is 12.1 Å². The first-order valence-electron chi connectivity index (χ1n) is 8.92. The number of rotatable bonds is 5. The number of benzene rings is 2. The van der Waals surface area contributed by atoms with E-state index < -0.39 is 11.4 Å². The molecule has 0 atom stereocenters. The fraction of sp³-hybridized carbons (Fsp3) is 0.286. The monoisotopic (exact) mass is 413 g/mol. The number of halogens is 1. The molecule has 8 heteroatoms. The van der Waals surface area contributed by atoms with Crippen LogP contribution in [0.5, 0.6) is 5.75 Å². The number of nitrogens with zero attached hydrogens (tertiary/aromatic N) is 3. The van der Waals surface area contributed by atoms with Gasteiger partial charge in [-0.15, -0.1) is 0 Å². The van der Waals surface area contributed by atoms with Crippen LogP contribution in [0, 0.1) is 19.3 Å². The summed E-state index contributed by atoms with van der Waals surface area (Å²) >= 11 is 5.59. The van der Waals surface area contributed by atoms with Gasteiger partial charge in [0.25, 0.3) is 5.91 Å². The van der Waals surface area contributed by atoms with E-state index in [0.29, 0.717) is 17.1 Å². The highest BCUT2D eigenvalue weighted by Gasteiger charge is 2.50. The predicted octanol–water partition coefficient (Wildman–Crippen LogP) is 3.97. The lowest BCUT2D eigenvalue weighted by Gasteiger charge is -2.29. The molecule has 0 saturated carbocycles. The molecule has 0 aliphatic carbocycles. The van der Waals surface area contributed by atoms with Gasteiger partial charge in [-0.3, -0.25) is 9.69 Å². The molecule has 0 radical (unpaired) electrons. The van der Waals surface area contributed by atoms with Crippen molar-refractivity contribution in [1.29, 1.82) is 0 Å². The zero-order valence-corrected chi connectivity index (χ0v) is 17.1. The van der Waals surface area contributed by atoms with E-state index in [2.05, 4.69) is 4.85 Å². The summed E-state index contributed by atoms with van der Waals surface area (Å²) in [6.07, 6.45) is 0. The predicted molar refractivity (Wildman–Crippen MR) is 113 cm³/mol. The van der Waals surface area contributed by atoms with Crippen LogP contribution in [-0.2, 0) is 4.79 Å². The first-order valence-corrected chi connectivity index (χ1v) is 9.33. The maximum absolute atomic E-state index is 14.5. The topological polar surface area (TPSA) is 57.4 Å². The zero-order valence-electron chi connectivity index (χ0n) is 16.3. The fourth-order valence-electron chi connectivity index (χ4n) is 3.26. The summed E-state index contributed by atoms with van der Waals surface area (Å²) in [4.78, 5) is 19.6. The number of aryl methyl sites for hydroxylation is 1. The van der Waals surface area contributed by atoms with Gasteiger partial charge in [0.15, 0.2) is 22.4 Å². The third-order valence-electron chi connectivity index (χ3n) is 4.75. The number of anilines is 2. The van der Waals surface area contributed by atoms with Crippen molar-refractivity contribution in [1.82, 2.24) is 0 Å². The number of hydrogen-bond donors (Lipinski definition) is 1. The van der Waals surface area contributed by atoms with Gasteiger partial charge in [0.05, 0.1) is 13.2 Å². The van der Waals surface area contributed by atoms with Crippen molar-refractivity contribution in [2.45, 2.75) is 26.3 Å². The minimum absolute atomic E-state index is 0.0132. The second-order valence-corrected chi connectivity index (χ2v) is 7.45. The Bertz CT molecular complexity index is 1030. The van der Waals surface area contributed by atoms with Gasteiger partial charge in [-0.05, 0) is 62.8 Å². The van der Waals surface area contributed by atoms with E-state index in [-0.39, 0.29) is 30.0 Å². The Hall–Kier alpha value is -3.02. The van der Waals surface area contributed by atoms with Crippen LogP contribution < -0.4 is 14.5 Å². The van der Waals surface area contributed by atoms with Crippen molar-refractivity contribution < 1.29 is 19.0 Å². The van der Waals surface area contributed by atoms with Gasteiger partial charge in [-0.2, -0.15) is 0 Å². The Labute approximate surface area is 173 Å². The summed E-state index contributed by atoms with van der Waals surface area (Å²) in [5, 5.41) is 9.06. The minimum atomic E-state index is -1.04. The number of thiocarbonyl (C=S) groups is 1. The average Bonchev–Trinajstić information content (AvgIpc) is 2.85. The number of hydrogen-bond acceptors (Lipinski definition) is 4. The van der Waals surface area contributed by atoms with Crippen molar-refractivity contribution in [3.8, 4) is 5.75 Å². The number of ether oxygens (including phenoxy) is 1. The fourth-order valence-corrected chi connectivity index (χ4v) is 3.78. The van der Waals surface area contributed by atoms with E-state index in [0.717, 1.165) is 5.56 Å². The number of aliphatic hydroxyl groups is 1. The maximum Gasteiger partial charge on any atom is 0.259 e. The number of amides is 1. The SMILES string of the molecule is [C-]#[N+]c1ccc(N2C(=O)C(C)(C)N(c3ccc(OCCO)c(F)c3)C2=S)cc1C. The normalized spacial score (nSPS) is 15.6. The highest BCUT2D eigenvalue weighted by atomic mass is 32.1. The summed E-state index contributed by atoms with van der Waals surface area (Å²) in [6.45, 7) is 12.2. The molecule has 1 aliphatic heterocycles. The standard InChI is InChI=1S/C21H20FN3O3S/c1-13-11-14(5-7-17(13)23-4)24-19(27)21(2,3)25(20(24)29)15-6-8-18(16(22)12-15)28-10-9-26/h5-8,11-12,26H,9-10H2,1-3H3. The van der Waals surface area contributed by atoms with Crippen LogP contribution in [0.25, 0.3) is 4.85 Å². The van der Waals surface area contributed by atoms with Crippen LogP contribution in [-0.4, -0.2) is 34.9 Å². The van der Waals surface area contributed by atoms with E-state index >= 15 is 0 Å². The van der Waals surface area contributed by atoms with E-state index in [1.807, 2.05) is 0 Å². The first kappa shape index (κ1) is 20.7. The molecule has 1 heterocycles. The van der Waals surface area contributed by atoms with Crippen LogP contribution in [0.3, 0.4) is 0 Å². The second-order valence-electron chi connectivity index (χ2n) is 7.09. The summed E-state index contributed by atoms with van der Waals surface area (Å²) in [5.41, 5.74) is 1.18. The molecule has 3 rings (SSSR count). The molecule has 1 N–H and O–H groups in total. The Balaban J connectivity index is 2.00. The van der Waals surface area contributed by atoms with Crippen LogP contribution in [0.4, 0.5) is 21.5 Å². The quantitative estimate of drug-likeness (QED) is 0.594. The van der Waals surface area contributed by atoms with E-state index in [1.165, 1.54) is 17.0 Å². The molecule has 1 fully saturated rings. The van der Waals surface area contributed by atoms with Crippen LogP contribution in [0.15, 0.2) is 36.4 Å². The van der Waals surface area contributed by atoms with Crippen molar-refractivity contribution in [2.75, 3.05) is 23.0 Å². The van der Waals surface area contributed by atoms with E-state index in [1.54, 1.807) is 49.9 Å². The summed E-state index contributed by atoms with van der Waals surface area (Å²) in [7, 11) is 0. The first-order chi connectivity index (χ1) is 13.7. The number of aliphatic hydroxyl groups excluding tert-OH is 1. The number of carbonyl (C=O) groups excluding carboxylic acids is 1. The summed E-state index contributed by atoms with van der Waals surface area (Å²) < 4.78 is 19.6. The molecular weight excluding hydrogens is 393 g/mol. The molecule has 150 valence electrons. The molecule has 2 aromatic carbocycles. The van der Waals surface area contributed by atoms with E-state index in [4.69, 9.17) is 28.6 Å². The molecule has 0 aromatic heterocycles. The highest BCUT2D eigenvalue weighted by molar-refractivity contribution is 7.81. The zero-order chi connectivity index (χ0) is 21.3. The third-order valence-corrected chi connectivity index (χ3v) is 5.11. The lowest BCUT2D eigenvalue weighted by atomic mass is 10.0. The number of carbonyl (C=O) groups is 1. The molecule has 0 spiro atoms.